The van der Waals surface area contributed by atoms with Gasteiger partial charge in [-0.05, 0) is 66.1 Å². The van der Waals surface area contributed by atoms with E-state index in [-0.39, 0.29) is 23.3 Å². The number of anilines is 1. The second kappa shape index (κ2) is 8.60. The molecule has 6 rings (SSSR count). The monoisotopic (exact) mass is 496 g/mol. The summed E-state index contributed by atoms with van der Waals surface area (Å²) in [5, 5.41) is 1.58. The zero-order chi connectivity index (χ0) is 24.9. The third kappa shape index (κ3) is 3.58. The fourth-order valence-corrected chi connectivity index (χ4v) is 6.77. The molecule has 2 amide bonds. The van der Waals surface area contributed by atoms with Crippen LogP contribution in [0.3, 0.4) is 0 Å². The molecular weight excluding hydrogens is 472 g/mol. The average Bonchev–Trinajstić information content (AvgIpc) is 2.91. The van der Waals surface area contributed by atoms with Gasteiger partial charge in [-0.25, -0.2) is 8.42 Å². The summed E-state index contributed by atoms with van der Waals surface area (Å²) in [6.45, 7) is 0.669. The summed E-state index contributed by atoms with van der Waals surface area (Å²) < 4.78 is 28.3. The number of benzene rings is 4. The predicted molar refractivity (Wildman–Crippen MR) is 139 cm³/mol. The van der Waals surface area contributed by atoms with Gasteiger partial charge in [0, 0.05) is 29.6 Å². The molecule has 0 bridgehead atoms. The van der Waals surface area contributed by atoms with E-state index in [9.17, 15) is 18.0 Å². The lowest BCUT2D eigenvalue weighted by atomic mass is 9.94. The third-order valence-electron chi connectivity index (χ3n) is 7.06. The maximum atomic E-state index is 13.4. The van der Waals surface area contributed by atoms with E-state index in [0.29, 0.717) is 29.5 Å². The SMILES string of the molecule is O=C1c2cccc3cccc(c23)C(=O)N1CCc1ccc(S(=O)(=O)N2CCCc3ccccc32)cc1. The smallest absolute Gasteiger partial charge is 0.264 e. The fourth-order valence-electron chi connectivity index (χ4n) is 5.23. The molecule has 36 heavy (non-hydrogen) atoms. The quantitative estimate of drug-likeness (QED) is 0.371. The number of imide groups is 1. The summed E-state index contributed by atoms with van der Waals surface area (Å²) in [5.41, 5.74) is 3.70. The molecule has 6 nitrogen and oxygen atoms in total. The van der Waals surface area contributed by atoms with Crippen LogP contribution in [-0.4, -0.2) is 38.2 Å². The van der Waals surface area contributed by atoms with Crippen LogP contribution in [0.25, 0.3) is 10.8 Å². The minimum Gasteiger partial charge on any atom is -0.274 e. The third-order valence-corrected chi connectivity index (χ3v) is 8.89. The first-order valence-corrected chi connectivity index (χ1v) is 13.5. The number of amides is 2. The van der Waals surface area contributed by atoms with Crippen LogP contribution >= 0.6 is 0 Å². The Morgan fingerprint density at radius 3 is 2.11 bits per heavy atom. The Hall–Kier alpha value is -3.97. The standard InChI is InChI=1S/C29H24N2O4S/c32-28-24-10-3-7-22-8-4-11-25(27(22)24)29(33)30(28)19-17-20-13-15-23(16-14-20)36(34,35)31-18-5-9-21-6-1-2-12-26(21)31/h1-4,6-8,10-16H,5,9,17-19H2. The highest BCUT2D eigenvalue weighted by Crippen LogP contribution is 2.32. The molecule has 4 aromatic rings. The second-order valence-electron chi connectivity index (χ2n) is 9.17. The van der Waals surface area contributed by atoms with Crippen molar-refractivity contribution in [2.75, 3.05) is 17.4 Å². The first-order valence-electron chi connectivity index (χ1n) is 12.0. The molecular formula is C29H24N2O4S. The summed E-state index contributed by atoms with van der Waals surface area (Å²) in [7, 11) is -3.69. The van der Waals surface area contributed by atoms with Gasteiger partial charge in [-0.2, -0.15) is 0 Å². The molecule has 4 aromatic carbocycles. The lowest BCUT2D eigenvalue weighted by Crippen LogP contribution is -2.41. The molecule has 2 aliphatic rings. The maximum Gasteiger partial charge on any atom is 0.264 e. The largest absolute Gasteiger partial charge is 0.274 e. The Labute approximate surface area is 209 Å². The molecule has 0 aromatic heterocycles. The number of carbonyl (C=O) groups is 2. The van der Waals surface area contributed by atoms with E-state index >= 15 is 0 Å². The number of para-hydroxylation sites is 1. The minimum absolute atomic E-state index is 0.216. The van der Waals surface area contributed by atoms with Crippen molar-refractivity contribution in [3.8, 4) is 0 Å². The molecule has 0 N–H and O–H groups in total. The van der Waals surface area contributed by atoms with Gasteiger partial charge >= 0.3 is 0 Å². The lowest BCUT2D eigenvalue weighted by molar-refractivity contribution is 0.0612. The Morgan fingerprint density at radius 2 is 1.42 bits per heavy atom. The predicted octanol–water partition coefficient (Wildman–Crippen LogP) is 4.82. The van der Waals surface area contributed by atoms with Crippen molar-refractivity contribution < 1.29 is 18.0 Å². The van der Waals surface area contributed by atoms with Crippen molar-refractivity contribution >= 4 is 38.3 Å². The van der Waals surface area contributed by atoms with Crippen molar-refractivity contribution in [2.24, 2.45) is 0 Å². The highest BCUT2D eigenvalue weighted by Gasteiger charge is 2.32. The number of hydrogen-bond acceptors (Lipinski definition) is 4. The van der Waals surface area contributed by atoms with Gasteiger partial charge in [-0.1, -0.05) is 54.6 Å². The molecule has 2 heterocycles. The first-order chi connectivity index (χ1) is 17.4. The van der Waals surface area contributed by atoms with E-state index in [2.05, 4.69) is 0 Å². The molecule has 180 valence electrons. The molecule has 0 saturated carbocycles. The Kier molecular flexibility index (Phi) is 5.38. The van der Waals surface area contributed by atoms with Crippen LogP contribution in [0, 0.1) is 0 Å². The van der Waals surface area contributed by atoms with Crippen LogP contribution in [0.15, 0.2) is 89.8 Å². The van der Waals surface area contributed by atoms with Gasteiger partial charge in [0.25, 0.3) is 21.8 Å². The van der Waals surface area contributed by atoms with Crippen LogP contribution < -0.4 is 4.31 Å². The van der Waals surface area contributed by atoms with Crippen molar-refractivity contribution in [1.82, 2.24) is 4.90 Å². The Morgan fingerprint density at radius 1 is 0.750 bits per heavy atom. The molecule has 0 unspecified atom stereocenters. The molecule has 0 atom stereocenters. The number of fused-ring (bicyclic) bond motifs is 1. The molecule has 0 saturated heterocycles. The summed E-state index contributed by atoms with van der Waals surface area (Å²) in [4.78, 5) is 27.7. The molecule has 0 spiro atoms. The molecule has 0 radical (unpaired) electrons. The zero-order valence-corrected chi connectivity index (χ0v) is 20.4. The van der Waals surface area contributed by atoms with Crippen molar-refractivity contribution in [2.45, 2.75) is 24.2 Å². The minimum atomic E-state index is -3.69. The van der Waals surface area contributed by atoms with Gasteiger partial charge in [0.1, 0.15) is 0 Å². The van der Waals surface area contributed by atoms with E-state index in [4.69, 9.17) is 0 Å². The van der Waals surface area contributed by atoms with Gasteiger partial charge in [-0.3, -0.25) is 18.8 Å². The highest BCUT2D eigenvalue weighted by molar-refractivity contribution is 7.92. The van der Waals surface area contributed by atoms with Crippen molar-refractivity contribution in [1.29, 1.82) is 0 Å². The number of aryl methyl sites for hydroxylation is 1. The zero-order valence-electron chi connectivity index (χ0n) is 19.6. The van der Waals surface area contributed by atoms with Crippen LogP contribution in [0.5, 0.6) is 0 Å². The molecule has 0 aliphatic carbocycles. The molecule has 0 fully saturated rings. The highest BCUT2D eigenvalue weighted by atomic mass is 32.2. The fraction of sp³-hybridized carbons (Fsp3) is 0.172. The topological polar surface area (TPSA) is 74.8 Å². The second-order valence-corrected chi connectivity index (χ2v) is 11.0. The number of carbonyl (C=O) groups excluding carboxylic acids is 2. The van der Waals surface area contributed by atoms with E-state index < -0.39 is 10.0 Å². The lowest BCUT2D eigenvalue weighted by Gasteiger charge is -2.30. The van der Waals surface area contributed by atoms with Gasteiger partial charge in [0.05, 0.1) is 10.6 Å². The Balaban J connectivity index is 1.21. The van der Waals surface area contributed by atoms with Crippen molar-refractivity contribution in [3.05, 3.63) is 107 Å². The van der Waals surface area contributed by atoms with Crippen LogP contribution in [-0.2, 0) is 22.9 Å². The van der Waals surface area contributed by atoms with E-state index in [0.717, 1.165) is 35.0 Å². The van der Waals surface area contributed by atoms with Crippen LogP contribution in [0.2, 0.25) is 0 Å². The van der Waals surface area contributed by atoms with E-state index in [1.54, 1.807) is 36.4 Å². The normalized spacial score (nSPS) is 15.3. The van der Waals surface area contributed by atoms with E-state index in [1.807, 2.05) is 48.5 Å². The Bertz CT molecular complexity index is 1580. The van der Waals surface area contributed by atoms with Gasteiger partial charge < -0.3 is 0 Å². The van der Waals surface area contributed by atoms with E-state index in [1.165, 1.54) is 9.21 Å². The van der Waals surface area contributed by atoms with Gasteiger partial charge in [0.15, 0.2) is 0 Å². The average molecular weight is 497 g/mol. The molecule has 7 heteroatoms. The van der Waals surface area contributed by atoms with Gasteiger partial charge in [-0.15, -0.1) is 0 Å². The number of hydrogen-bond donors (Lipinski definition) is 0. The summed E-state index contributed by atoms with van der Waals surface area (Å²) in [5.74, 6) is -0.598. The summed E-state index contributed by atoms with van der Waals surface area (Å²) >= 11 is 0. The van der Waals surface area contributed by atoms with Crippen LogP contribution in [0.4, 0.5) is 5.69 Å². The summed E-state index contributed by atoms with van der Waals surface area (Å²) in [6, 6.07) is 25.3. The first kappa shape index (κ1) is 22.5. The maximum absolute atomic E-state index is 13.4. The number of sulfonamides is 1. The number of rotatable bonds is 5. The van der Waals surface area contributed by atoms with Crippen molar-refractivity contribution in [3.63, 3.8) is 0 Å². The molecule has 2 aliphatic heterocycles. The van der Waals surface area contributed by atoms with Gasteiger partial charge in [0.2, 0.25) is 0 Å². The summed E-state index contributed by atoms with van der Waals surface area (Å²) in [6.07, 6.45) is 2.08. The van der Waals surface area contributed by atoms with Crippen LogP contribution in [0.1, 0.15) is 38.3 Å². The number of nitrogens with zero attached hydrogens (tertiary/aromatic N) is 2.